The third-order valence-corrected chi connectivity index (χ3v) is 3.33. The van der Waals surface area contributed by atoms with Crippen LogP contribution in [0.3, 0.4) is 0 Å². The summed E-state index contributed by atoms with van der Waals surface area (Å²) < 4.78 is 6.61. The summed E-state index contributed by atoms with van der Waals surface area (Å²) in [6.07, 6.45) is 3.73. The lowest BCUT2D eigenvalue weighted by Crippen LogP contribution is -2.30. The van der Waals surface area contributed by atoms with Crippen LogP contribution in [0, 0.1) is 0 Å². The molecule has 5 nitrogen and oxygen atoms in total. The Bertz CT molecular complexity index is 560. The number of hydrogen-bond donors (Lipinski definition) is 1. The van der Waals surface area contributed by atoms with Crippen LogP contribution in [0.4, 0.5) is 0 Å². The number of aromatic nitrogens is 1. The molecular formula is C13H14N2O3S. The molecule has 0 bridgehead atoms. The number of ether oxygens (including phenoxy) is 1. The highest BCUT2D eigenvalue weighted by molar-refractivity contribution is 7.12. The molecule has 1 N–H and O–H groups in total. The van der Waals surface area contributed by atoms with Crippen molar-refractivity contribution in [1.29, 1.82) is 0 Å². The van der Waals surface area contributed by atoms with E-state index in [1.54, 1.807) is 6.92 Å². The first kappa shape index (κ1) is 13.4. The van der Waals surface area contributed by atoms with Gasteiger partial charge >= 0.3 is 5.97 Å². The number of rotatable bonds is 5. The Morgan fingerprint density at radius 1 is 1.37 bits per heavy atom. The van der Waals surface area contributed by atoms with Crippen molar-refractivity contribution < 1.29 is 14.3 Å². The number of hydrogen-bond acceptors (Lipinski definition) is 4. The van der Waals surface area contributed by atoms with Crippen LogP contribution in [-0.2, 0) is 9.53 Å². The number of carbonyl (C=O) groups is 2. The Morgan fingerprint density at radius 2 is 2.11 bits per heavy atom. The van der Waals surface area contributed by atoms with E-state index < -0.39 is 5.97 Å². The van der Waals surface area contributed by atoms with E-state index in [1.165, 1.54) is 11.3 Å². The number of esters is 1. The third-order valence-electron chi connectivity index (χ3n) is 2.43. The molecule has 0 saturated heterocycles. The van der Waals surface area contributed by atoms with Gasteiger partial charge in [-0.15, -0.1) is 11.3 Å². The van der Waals surface area contributed by atoms with E-state index in [9.17, 15) is 9.59 Å². The lowest BCUT2D eigenvalue weighted by Gasteiger charge is -2.06. The highest BCUT2D eigenvalue weighted by atomic mass is 32.1. The maximum atomic E-state index is 12.0. The van der Waals surface area contributed by atoms with Crippen LogP contribution in [0.1, 0.15) is 16.6 Å². The predicted octanol–water partition coefficient (Wildman–Crippen LogP) is 1.83. The van der Waals surface area contributed by atoms with Crippen molar-refractivity contribution in [2.24, 2.45) is 0 Å². The number of nitrogens with zero attached hydrogens (tertiary/aromatic N) is 1. The average Bonchev–Trinajstić information content (AvgIpc) is 3.05. The molecule has 0 aliphatic heterocycles. The van der Waals surface area contributed by atoms with Gasteiger partial charge in [-0.2, -0.15) is 0 Å². The molecule has 0 atom stereocenters. The fraction of sp³-hybridized carbons (Fsp3) is 0.231. The highest BCUT2D eigenvalue weighted by Gasteiger charge is 2.15. The number of thiophene rings is 1. The molecule has 0 spiro atoms. The average molecular weight is 278 g/mol. The first-order chi connectivity index (χ1) is 9.22. The third kappa shape index (κ3) is 3.23. The van der Waals surface area contributed by atoms with Crippen molar-refractivity contribution in [2.45, 2.75) is 6.92 Å². The highest BCUT2D eigenvalue weighted by Crippen LogP contribution is 2.21. The van der Waals surface area contributed by atoms with Gasteiger partial charge in [0.05, 0.1) is 12.3 Å². The van der Waals surface area contributed by atoms with E-state index in [4.69, 9.17) is 4.74 Å². The molecule has 6 heteroatoms. The zero-order valence-electron chi connectivity index (χ0n) is 10.5. The van der Waals surface area contributed by atoms with E-state index >= 15 is 0 Å². The van der Waals surface area contributed by atoms with Crippen molar-refractivity contribution in [1.82, 2.24) is 9.88 Å². The Hall–Kier alpha value is -2.08. The predicted molar refractivity (Wildman–Crippen MR) is 72.6 cm³/mol. The first-order valence-corrected chi connectivity index (χ1v) is 6.75. The van der Waals surface area contributed by atoms with Crippen molar-refractivity contribution in [3.05, 3.63) is 40.8 Å². The quantitative estimate of drug-likeness (QED) is 0.849. The fourth-order valence-corrected chi connectivity index (χ4v) is 2.42. The normalized spacial score (nSPS) is 10.2. The summed E-state index contributed by atoms with van der Waals surface area (Å²) in [5.74, 6) is -0.707. The molecule has 0 aliphatic carbocycles. The van der Waals surface area contributed by atoms with Gasteiger partial charge in [-0.1, -0.05) is 0 Å². The van der Waals surface area contributed by atoms with Gasteiger partial charge < -0.3 is 14.6 Å². The Kier molecular flexibility index (Phi) is 4.35. The summed E-state index contributed by atoms with van der Waals surface area (Å²) in [5.41, 5.74) is 0.802. The second-order valence-corrected chi connectivity index (χ2v) is 4.63. The minimum absolute atomic E-state index is 0.115. The number of carbonyl (C=O) groups excluding carboxylic acids is 2. The minimum Gasteiger partial charge on any atom is -0.465 e. The van der Waals surface area contributed by atoms with Crippen LogP contribution >= 0.6 is 11.3 Å². The number of amides is 1. The van der Waals surface area contributed by atoms with Crippen molar-refractivity contribution in [3.8, 4) is 5.69 Å². The second kappa shape index (κ2) is 6.19. The van der Waals surface area contributed by atoms with Crippen LogP contribution in [0.5, 0.6) is 0 Å². The molecule has 0 fully saturated rings. The standard InChI is InChI=1S/C13H14N2O3S/c1-2-18-11(16)9-14-13(17)12-10(5-8-19-12)15-6-3-4-7-15/h3-8H,2,9H2,1H3,(H,14,17). The summed E-state index contributed by atoms with van der Waals surface area (Å²) in [4.78, 5) is 23.8. The summed E-state index contributed by atoms with van der Waals surface area (Å²) in [6.45, 7) is 1.92. The van der Waals surface area contributed by atoms with Crippen LogP contribution in [0.25, 0.3) is 5.69 Å². The molecule has 2 heterocycles. The maximum Gasteiger partial charge on any atom is 0.325 e. The molecule has 0 unspecified atom stereocenters. The summed E-state index contributed by atoms with van der Waals surface area (Å²) in [7, 11) is 0. The van der Waals surface area contributed by atoms with E-state index in [1.807, 2.05) is 40.5 Å². The molecule has 0 saturated carbocycles. The lowest BCUT2D eigenvalue weighted by atomic mass is 10.3. The summed E-state index contributed by atoms with van der Waals surface area (Å²) in [6, 6.07) is 5.64. The van der Waals surface area contributed by atoms with Crippen LogP contribution in [-0.4, -0.2) is 29.6 Å². The Balaban J connectivity index is 2.04. The van der Waals surface area contributed by atoms with Gasteiger partial charge in [-0.05, 0) is 30.5 Å². The van der Waals surface area contributed by atoms with Gasteiger partial charge in [-0.25, -0.2) is 0 Å². The molecule has 0 aliphatic rings. The first-order valence-electron chi connectivity index (χ1n) is 5.87. The minimum atomic E-state index is -0.435. The van der Waals surface area contributed by atoms with Gasteiger partial charge in [0.1, 0.15) is 11.4 Å². The van der Waals surface area contributed by atoms with Crippen LogP contribution in [0.2, 0.25) is 0 Å². The van der Waals surface area contributed by atoms with Gasteiger partial charge in [0.25, 0.3) is 5.91 Å². The van der Waals surface area contributed by atoms with Gasteiger partial charge in [-0.3, -0.25) is 9.59 Å². The van der Waals surface area contributed by atoms with E-state index in [0.29, 0.717) is 11.5 Å². The van der Waals surface area contributed by atoms with E-state index in [0.717, 1.165) is 5.69 Å². The largest absolute Gasteiger partial charge is 0.465 e. The molecule has 100 valence electrons. The van der Waals surface area contributed by atoms with Crippen molar-refractivity contribution in [2.75, 3.05) is 13.2 Å². The molecule has 0 radical (unpaired) electrons. The topological polar surface area (TPSA) is 60.3 Å². The monoisotopic (exact) mass is 278 g/mol. The zero-order valence-corrected chi connectivity index (χ0v) is 11.3. The molecule has 0 aromatic carbocycles. The SMILES string of the molecule is CCOC(=O)CNC(=O)c1sccc1-n1cccc1. The molecule has 19 heavy (non-hydrogen) atoms. The van der Waals surface area contributed by atoms with E-state index in [2.05, 4.69) is 5.32 Å². The van der Waals surface area contributed by atoms with Crippen molar-refractivity contribution >= 4 is 23.2 Å². The van der Waals surface area contributed by atoms with Crippen molar-refractivity contribution in [3.63, 3.8) is 0 Å². The molecule has 2 aromatic rings. The molecular weight excluding hydrogens is 264 g/mol. The van der Waals surface area contributed by atoms with Gasteiger partial charge in [0, 0.05) is 12.4 Å². The molecule has 2 aromatic heterocycles. The maximum absolute atomic E-state index is 12.0. The Labute approximate surface area is 114 Å². The summed E-state index contributed by atoms with van der Waals surface area (Å²) >= 11 is 1.34. The number of nitrogens with one attached hydrogen (secondary N) is 1. The molecule has 1 amide bonds. The van der Waals surface area contributed by atoms with E-state index in [-0.39, 0.29) is 12.5 Å². The molecule has 2 rings (SSSR count). The lowest BCUT2D eigenvalue weighted by molar-refractivity contribution is -0.141. The van der Waals surface area contributed by atoms with Crippen LogP contribution < -0.4 is 5.32 Å². The van der Waals surface area contributed by atoms with Gasteiger partial charge in [0.2, 0.25) is 0 Å². The second-order valence-electron chi connectivity index (χ2n) is 3.71. The smallest absolute Gasteiger partial charge is 0.325 e. The Morgan fingerprint density at radius 3 is 2.79 bits per heavy atom. The van der Waals surface area contributed by atoms with Crippen LogP contribution in [0.15, 0.2) is 36.0 Å². The van der Waals surface area contributed by atoms with Gasteiger partial charge in [0.15, 0.2) is 0 Å². The summed E-state index contributed by atoms with van der Waals surface area (Å²) in [5, 5.41) is 4.40. The fourth-order valence-electron chi connectivity index (χ4n) is 1.62. The zero-order chi connectivity index (χ0) is 13.7.